The second-order valence-corrected chi connectivity index (χ2v) is 2.92. The molecule has 0 bridgehead atoms. The quantitative estimate of drug-likeness (QED) is 0.605. The molecular formula is C9H17NO. The molecule has 0 radical (unpaired) electrons. The average Bonchev–Trinajstić information content (AvgIpc) is 2.00. The maximum absolute atomic E-state index is 10.7. The molecule has 0 aromatic heterocycles. The minimum atomic E-state index is -0.242. The highest BCUT2D eigenvalue weighted by Gasteiger charge is 2.23. The van der Waals surface area contributed by atoms with E-state index in [4.69, 9.17) is 5.73 Å². The van der Waals surface area contributed by atoms with Gasteiger partial charge in [0.15, 0.2) is 0 Å². The van der Waals surface area contributed by atoms with Crippen LogP contribution in [0.25, 0.3) is 0 Å². The molecule has 2 heteroatoms. The van der Waals surface area contributed by atoms with Crippen LogP contribution in [-0.4, -0.2) is 5.91 Å². The lowest BCUT2D eigenvalue weighted by Crippen LogP contribution is -2.24. The fourth-order valence-corrected chi connectivity index (χ4v) is 1.21. The minimum Gasteiger partial charge on any atom is -0.370 e. The van der Waals surface area contributed by atoms with Crippen molar-refractivity contribution >= 4 is 5.91 Å². The van der Waals surface area contributed by atoms with Gasteiger partial charge < -0.3 is 5.73 Å². The zero-order valence-electron chi connectivity index (χ0n) is 7.39. The second kappa shape index (κ2) is 4.16. The Labute approximate surface area is 68.5 Å². The van der Waals surface area contributed by atoms with Gasteiger partial charge in [0.05, 0.1) is 0 Å². The molecular weight excluding hydrogens is 138 g/mol. The van der Waals surface area contributed by atoms with Crippen molar-refractivity contribution in [1.82, 2.24) is 0 Å². The smallest absolute Gasteiger partial charge is 0.218 e. The van der Waals surface area contributed by atoms with Crippen molar-refractivity contribution in [1.29, 1.82) is 0 Å². The molecule has 0 heterocycles. The molecule has 0 aliphatic carbocycles. The molecule has 64 valence electrons. The summed E-state index contributed by atoms with van der Waals surface area (Å²) in [5, 5.41) is 0. The van der Waals surface area contributed by atoms with E-state index in [1.54, 1.807) is 0 Å². The maximum atomic E-state index is 10.7. The van der Waals surface area contributed by atoms with Gasteiger partial charge in [-0.15, -0.1) is 6.58 Å². The molecule has 0 atom stereocenters. The van der Waals surface area contributed by atoms with Gasteiger partial charge in [0.25, 0.3) is 0 Å². The van der Waals surface area contributed by atoms with Gasteiger partial charge in [-0.1, -0.05) is 19.9 Å². The van der Waals surface area contributed by atoms with Crippen molar-refractivity contribution in [3.63, 3.8) is 0 Å². The summed E-state index contributed by atoms with van der Waals surface area (Å²) < 4.78 is 0. The zero-order valence-corrected chi connectivity index (χ0v) is 7.39. The first-order valence-corrected chi connectivity index (χ1v) is 4.02. The van der Waals surface area contributed by atoms with Gasteiger partial charge in [0.2, 0.25) is 5.91 Å². The summed E-state index contributed by atoms with van der Waals surface area (Å²) in [5.41, 5.74) is 5.05. The number of amides is 1. The summed E-state index contributed by atoms with van der Waals surface area (Å²) in [6, 6.07) is 0. The van der Waals surface area contributed by atoms with Crippen LogP contribution in [0.2, 0.25) is 0 Å². The topological polar surface area (TPSA) is 43.1 Å². The average molecular weight is 155 g/mol. The van der Waals surface area contributed by atoms with Crippen molar-refractivity contribution in [2.45, 2.75) is 33.1 Å². The summed E-state index contributed by atoms with van der Waals surface area (Å²) in [7, 11) is 0. The van der Waals surface area contributed by atoms with Crippen molar-refractivity contribution < 1.29 is 4.79 Å². The standard InChI is InChI=1S/C9H17NO/c1-4-9(5-2,6-3)7-8(10)11/h4H,1,5-7H2,2-3H3,(H2,10,11). The fraction of sp³-hybridized carbons (Fsp3) is 0.667. The van der Waals surface area contributed by atoms with Crippen LogP contribution in [0.4, 0.5) is 0 Å². The second-order valence-electron chi connectivity index (χ2n) is 2.92. The lowest BCUT2D eigenvalue weighted by atomic mass is 9.79. The molecule has 0 rings (SSSR count). The molecule has 0 unspecified atom stereocenters. The normalized spacial score (nSPS) is 11.1. The molecule has 0 saturated carbocycles. The first kappa shape index (κ1) is 10.2. The molecule has 0 fully saturated rings. The van der Waals surface area contributed by atoms with E-state index >= 15 is 0 Å². The number of nitrogens with two attached hydrogens (primary N) is 1. The van der Waals surface area contributed by atoms with Crippen LogP contribution < -0.4 is 5.73 Å². The van der Waals surface area contributed by atoms with Crippen LogP contribution in [0.15, 0.2) is 12.7 Å². The summed E-state index contributed by atoms with van der Waals surface area (Å²) in [6.07, 6.45) is 4.12. The van der Waals surface area contributed by atoms with E-state index in [1.807, 2.05) is 19.9 Å². The highest BCUT2D eigenvalue weighted by Crippen LogP contribution is 2.31. The van der Waals surface area contributed by atoms with Crippen LogP contribution in [0.3, 0.4) is 0 Å². The number of carbonyl (C=O) groups is 1. The van der Waals surface area contributed by atoms with Gasteiger partial charge in [-0.05, 0) is 18.3 Å². The number of hydrogen-bond acceptors (Lipinski definition) is 1. The Morgan fingerprint density at radius 3 is 2.09 bits per heavy atom. The van der Waals surface area contributed by atoms with Gasteiger partial charge in [-0.25, -0.2) is 0 Å². The molecule has 1 amide bonds. The number of hydrogen-bond donors (Lipinski definition) is 1. The van der Waals surface area contributed by atoms with Crippen LogP contribution in [0, 0.1) is 5.41 Å². The molecule has 0 aromatic carbocycles. The Balaban J connectivity index is 4.28. The Morgan fingerprint density at radius 1 is 1.55 bits per heavy atom. The Hall–Kier alpha value is -0.790. The van der Waals surface area contributed by atoms with Gasteiger partial charge >= 0.3 is 0 Å². The van der Waals surface area contributed by atoms with E-state index in [-0.39, 0.29) is 11.3 Å². The molecule has 0 aromatic rings. The minimum absolute atomic E-state index is 0.0637. The van der Waals surface area contributed by atoms with Gasteiger partial charge in [-0.2, -0.15) is 0 Å². The van der Waals surface area contributed by atoms with E-state index in [0.29, 0.717) is 6.42 Å². The molecule has 0 aliphatic heterocycles. The van der Waals surface area contributed by atoms with Gasteiger partial charge in [0, 0.05) is 6.42 Å². The summed E-state index contributed by atoms with van der Waals surface area (Å²) in [4.78, 5) is 10.7. The molecule has 0 aliphatic rings. The molecule has 2 N–H and O–H groups in total. The van der Waals surface area contributed by atoms with Crippen LogP contribution in [0.1, 0.15) is 33.1 Å². The third-order valence-corrected chi connectivity index (χ3v) is 2.37. The van der Waals surface area contributed by atoms with Gasteiger partial charge in [0.1, 0.15) is 0 Å². The summed E-state index contributed by atoms with van der Waals surface area (Å²) in [5.74, 6) is -0.242. The van der Waals surface area contributed by atoms with E-state index in [9.17, 15) is 4.79 Å². The first-order valence-electron chi connectivity index (χ1n) is 4.02. The van der Waals surface area contributed by atoms with E-state index < -0.39 is 0 Å². The third-order valence-electron chi connectivity index (χ3n) is 2.37. The van der Waals surface area contributed by atoms with Crippen molar-refractivity contribution in [2.75, 3.05) is 0 Å². The van der Waals surface area contributed by atoms with Crippen LogP contribution >= 0.6 is 0 Å². The molecule has 0 spiro atoms. The SMILES string of the molecule is C=CC(CC)(CC)CC(N)=O. The van der Waals surface area contributed by atoms with Crippen LogP contribution in [-0.2, 0) is 4.79 Å². The van der Waals surface area contributed by atoms with E-state index in [2.05, 4.69) is 6.58 Å². The Bertz CT molecular complexity index is 148. The fourth-order valence-electron chi connectivity index (χ4n) is 1.21. The van der Waals surface area contributed by atoms with Crippen molar-refractivity contribution in [2.24, 2.45) is 11.1 Å². The van der Waals surface area contributed by atoms with E-state index in [1.165, 1.54) is 0 Å². The Morgan fingerprint density at radius 2 is 2.00 bits per heavy atom. The Kier molecular flexibility index (Phi) is 3.86. The number of rotatable bonds is 5. The molecule has 2 nitrogen and oxygen atoms in total. The predicted molar refractivity (Wildman–Crippen MR) is 47.0 cm³/mol. The third kappa shape index (κ3) is 2.74. The highest BCUT2D eigenvalue weighted by atomic mass is 16.1. The summed E-state index contributed by atoms with van der Waals surface area (Å²) >= 11 is 0. The largest absolute Gasteiger partial charge is 0.370 e. The molecule has 11 heavy (non-hydrogen) atoms. The highest BCUT2D eigenvalue weighted by molar-refractivity contribution is 5.74. The van der Waals surface area contributed by atoms with Crippen LogP contribution in [0.5, 0.6) is 0 Å². The van der Waals surface area contributed by atoms with Gasteiger partial charge in [-0.3, -0.25) is 4.79 Å². The lowest BCUT2D eigenvalue weighted by molar-refractivity contribution is -0.119. The monoisotopic (exact) mass is 155 g/mol. The number of allylic oxidation sites excluding steroid dienone is 1. The van der Waals surface area contributed by atoms with E-state index in [0.717, 1.165) is 12.8 Å². The number of primary amides is 1. The van der Waals surface area contributed by atoms with Crippen molar-refractivity contribution in [3.8, 4) is 0 Å². The lowest BCUT2D eigenvalue weighted by Gasteiger charge is -2.25. The first-order chi connectivity index (χ1) is 5.10. The maximum Gasteiger partial charge on any atom is 0.218 e. The predicted octanol–water partition coefficient (Wildman–Crippen LogP) is 1.85. The summed E-state index contributed by atoms with van der Waals surface area (Å²) in [6.45, 7) is 7.82. The zero-order chi connectivity index (χ0) is 8.91. The number of carbonyl (C=O) groups excluding carboxylic acids is 1. The van der Waals surface area contributed by atoms with Crippen molar-refractivity contribution in [3.05, 3.63) is 12.7 Å². The molecule has 0 saturated heterocycles.